The number of anilines is 1. The Bertz CT molecular complexity index is 1360. The first-order valence-corrected chi connectivity index (χ1v) is 13.3. The lowest BCUT2D eigenvalue weighted by Gasteiger charge is -2.20. The summed E-state index contributed by atoms with van der Waals surface area (Å²) in [6, 6.07) is 3.80. The molecule has 0 saturated heterocycles. The highest BCUT2D eigenvalue weighted by Crippen LogP contribution is 2.32. The predicted molar refractivity (Wildman–Crippen MR) is 120 cm³/mol. The van der Waals surface area contributed by atoms with Crippen LogP contribution in [0.2, 0.25) is 0 Å². The number of aromatic hydroxyl groups is 1. The van der Waals surface area contributed by atoms with E-state index in [0.717, 1.165) is 12.3 Å². The quantitative estimate of drug-likeness (QED) is 0.535. The van der Waals surface area contributed by atoms with Crippen molar-refractivity contribution in [2.24, 2.45) is 10.9 Å². The maximum absolute atomic E-state index is 13.1. The van der Waals surface area contributed by atoms with Crippen molar-refractivity contribution in [2.75, 3.05) is 11.0 Å². The van der Waals surface area contributed by atoms with E-state index in [0.29, 0.717) is 25.3 Å². The van der Waals surface area contributed by atoms with Gasteiger partial charge in [-0.15, -0.1) is 0 Å². The van der Waals surface area contributed by atoms with Gasteiger partial charge in [-0.3, -0.25) is 14.2 Å². The monoisotopic (exact) mass is 483 g/mol. The third-order valence-electron chi connectivity index (χ3n) is 4.71. The van der Waals surface area contributed by atoms with Crippen molar-refractivity contribution in [1.82, 2.24) is 14.5 Å². The van der Waals surface area contributed by atoms with Crippen LogP contribution in [0.15, 0.2) is 32.9 Å². The van der Waals surface area contributed by atoms with Crippen LogP contribution in [0.3, 0.4) is 0 Å². The van der Waals surface area contributed by atoms with E-state index in [-0.39, 0.29) is 33.4 Å². The van der Waals surface area contributed by atoms with Gasteiger partial charge in [0.1, 0.15) is 16.2 Å². The average Bonchev–Trinajstić information content (AvgIpc) is 2.66. The molecule has 1 aliphatic heterocycles. The van der Waals surface area contributed by atoms with Crippen molar-refractivity contribution in [1.29, 1.82) is 0 Å². The molecule has 0 spiro atoms. The molecule has 0 amide bonds. The van der Waals surface area contributed by atoms with Gasteiger partial charge in [-0.2, -0.15) is 5.10 Å². The number of sulfonamides is 2. The lowest BCUT2D eigenvalue weighted by molar-refractivity contribution is 0.429. The summed E-state index contributed by atoms with van der Waals surface area (Å²) in [6.07, 6.45) is 1.92. The van der Waals surface area contributed by atoms with Crippen molar-refractivity contribution < 1.29 is 21.9 Å². The van der Waals surface area contributed by atoms with Crippen molar-refractivity contribution in [3.63, 3.8) is 0 Å². The summed E-state index contributed by atoms with van der Waals surface area (Å²) in [4.78, 5) is 17.0. The number of hydrogen-bond acceptors (Lipinski definition) is 8. The summed E-state index contributed by atoms with van der Waals surface area (Å²) < 4.78 is 54.3. The second-order valence-corrected chi connectivity index (χ2v) is 11.3. The molecule has 0 saturated carbocycles. The molecular formula is C19H25N5O6S2. The molecule has 32 heavy (non-hydrogen) atoms. The number of amidine groups is 1. The Balaban J connectivity index is 2.17. The fourth-order valence-corrected chi connectivity index (χ4v) is 4.87. The second-order valence-electron chi connectivity index (χ2n) is 7.86. The van der Waals surface area contributed by atoms with E-state index in [1.54, 1.807) is 6.92 Å². The van der Waals surface area contributed by atoms with Crippen LogP contribution in [-0.4, -0.2) is 43.8 Å². The highest BCUT2D eigenvalue weighted by molar-refractivity contribution is 7.92. The first-order chi connectivity index (χ1) is 14.8. The third-order valence-corrected chi connectivity index (χ3v) is 6.68. The molecule has 0 bridgehead atoms. The van der Waals surface area contributed by atoms with Crippen molar-refractivity contribution in [3.8, 4) is 5.75 Å². The van der Waals surface area contributed by atoms with Crippen LogP contribution in [0.25, 0.3) is 0 Å². The van der Waals surface area contributed by atoms with Crippen LogP contribution in [-0.2, 0) is 33.0 Å². The Morgan fingerprint density at radius 1 is 1.28 bits per heavy atom. The van der Waals surface area contributed by atoms with Crippen LogP contribution < -0.4 is 15.0 Å². The SMILES string of the molecule is CCc1nn(CCC(C)C)c(=O)c(C2=Nc3ccc(NS(C)(=O)=O)cc3S(=O)(=O)N2)c1O. The first-order valence-electron chi connectivity index (χ1n) is 9.89. The zero-order valence-electron chi connectivity index (χ0n) is 18.1. The zero-order valence-corrected chi connectivity index (χ0v) is 19.7. The van der Waals surface area contributed by atoms with E-state index in [2.05, 4.69) is 19.5 Å². The summed E-state index contributed by atoms with van der Waals surface area (Å²) in [5, 5.41) is 14.8. The van der Waals surface area contributed by atoms with E-state index >= 15 is 0 Å². The van der Waals surface area contributed by atoms with Crippen molar-refractivity contribution >= 4 is 37.3 Å². The van der Waals surface area contributed by atoms with Crippen LogP contribution in [0.1, 0.15) is 38.4 Å². The lowest BCUT2D eigenvalue weighted by atomic mass is 10.1. The van der Waals surface area contributed by atoms with E-state index < -0.39 is 31.4 Å². The standard InChI is InChI=1S/C19H25N5O6S2/c1-5-13-17(25)16(19(26)24(21-13)9-8-11(2)3)18-20-14-7-6-12(22-31(4,27)28)10-15(14)32(29,30)23-18/h6-7,10-11,22,25H,5,8-9H2,1-4H3,(H,20,23). The lowest BCUT2D eigenvalue weighted by Crippen LogP contribution is -2.40. The van der Waals surface area contributed by atoms with E-state index in [9.17, 15) is 26.7 Å². The van der Waals surface area contributed by atoms with Gasteiger partial charge in [0, 0.05) is 12.2 Å². The largest absolute Gasteiger partial charge is 0.505 e. The number of aromatic nitrogens is 2. The van der Waals surface area contributed by atoms with E-state index in [4.69, 9.17) is 0 Å². The van der Waals surface area contributed by atoms with Crippen molar-refractivity contribution in [3.05, 3.63) is 39.8 Å². The molecule has 11 nitrogen and oxygen atoms in total. The number of fused-ring (bicyclic) bond motifs is 1. The van der Waals surface area contributed by atoms with Gasteiger partial charge in [0.2, 0.25) is 10.0 Å². The van der Waals surface area contributed by atoms with Gasteiger partial charge in [-0.05, 0) is 37.0 Å². The van der Waals surface area contributed by atoms with Gasteiger partial charge in [0.15, 0.2) is 11.6 Å². The zero-order chi connectivity index (χ0) is 23.8. The molecule has 1 aliphatic rings. The van der Waals surface area contributed by atoms with Gasteiger partial charge in [-0.25, -0.2) is 26.5 Å². The van der Waals surface area contributed by atoms with Gasteiger partial charge in [0.05, 0.1) is 11.9 Å². The minimum atomic E-state index is -4.20. The fraction of sp³-hybridized carbons (Fsp3) is 0.421. The molecule has 3 rings (SSSR count). The predicted octanol–water partition coefficient (Wildman–Crippen LogP) is 1.30. The molecule has 1 aromatic carbocycles. The van der Waals surface area contributed by atoms with Crippen molar-refractivity contribution in [2.45, 2.75) is 45.1 Å². The number of aliphatic imine (C=N–C) groups is 1. The minimum Gasteiger partial charge on any atom is -0.505 e. The van der Waals surface area contributed by atoms with Crippen LogP contribution in [0.4, 0.5) is 11.4 Å². The summed E-state index contributed by atoms with van der Waals surface area (Å²) in [5.41, 5.74) is -0.663. The number of nitrogens with zero attached hydrogens (tertiary/aromatic N) is 3. The van der Waals surface area contributed by atoms with Gasteiger partial charge in [0.25, 0.3) is 15.6 Å². The van der Waals surface area contributed by atoms with Gasteiger partial charge in [-0.1, -0.05) is 20.8 Å². The third kappa shape index (κ3) is 4.93. The van der Waals surface area contributed by atoms with Crippen LogP contribution in [0, 0.1) is 5.92 Å². The molecule has 2 aromatic rings. The summed E-state index contributed by atoms with van der Waals surface area (Å²) in [7, 11) is -7.82. The van der Waals surface area contributed by atoms with E-state index in [1.807, 2.05) is 13.8 Å². The molecule has 13 heteroatoms. The van der Waals surface area contributed by atoms with Crippen LogP contribution >= 0.6 is 0 Å². The Morgan fingerprint density at radius 2 is 1.97 bits per heavy atom. The Labute approximate surface area is 186 Å². The Kier molecular flexibility index (Phi) is 6.33. The number of benzene rings is 1. The highest BCUT2D eigenvalue weighted by atomic mass is 32.2. The number of aryl methyl sites for hydroxylation is 2. The Morgan fingerprint density at radius 3 is 2.56 bits per heavy atom. The topological polar surface area (TPSA) is 160 Å². The van der Waals surface area contributed by atoms with E-state index in [1.165, 1.54) is 16.8 Å². The molecule has 174 valence electrons. The van der Waals surface area contributed by atoms with Crippen LogP contribution in [0.5, 0.6) is 5.75 Å². The Hall–Kier alpha value is -2.93. The molecular weight excluding hydrogens is 458 g/mol. The molecule has 3 N–H and O–H groups in total. The number of hydrogen-bond donors (Lipinski definition) is 3. The summed E-state index contributed by atoms with van der Waals surface area (Å²) >= 11 is 0. The highest BCUT2D eigenvalue weighted by Gasteiger charge is 2.31. The molecule has 0 radical (unpaired) electrons. The second kappa shape index (κ2) is 8.54. The minimum absolute atomic E-state index is 0.000178. The normalized spacial score (nSPS) is 15.1. The summed E-state index contributed by atoms with van der Waals surface area (Å²) in [5.74, 6) is -0.448. The smallest absolute Gasteiger partial charge is 0.281 e. The molecule has 0 aliphatic carbocycles. The maximum Gasteiger partial charge on any atom is 0.281 e. The number of nitrogens with one attached hydrogen (secondary N) is 2. The molecule has 0 unspecified atom stereocenters. The number of rotatable bonds is 7. The summed E-state index contributed by atoms with van der Waals surface area (Å²) in [6.45, 7) is 6.04. The maximum atomic E-state index is 13.1. The average molecular weight is 484 g/mol. The molecule has 0 atom stereocenters. The first kappa shape index (κ1) is 23.7. The molecule has 1 aromatic heterocycles. The fourth-order valence-electron chi connectivity index (χ4n) is 3.13. The molecule has 0 fully saturated rings. The molecule has 2 heterocycles. The van der Waals surface area contributed by atoms with Gasteiger partial charge >= 0.3 is 0 Å². The van der Waals surface area contributed by atoms with Gasteiger partial charge < -0.3 is 5.11 Å².